The van der Waals surface area contributed by atoms with E-state index in [0.717, 1.165) is 37.5 Å². The van der Waals surface area contributed by atoms with Gasteiger partial charge in [-0.3, -0.25) is 0 Å². The predicted molar refractivity (Wildman–Crippen MR) is 108 cm³/mol. The van der Waals surface area contributed by atoms with E-state index in [-0.39, 0.29) is 0 Å². The molecule has 0 radical (unpaired) electrons. The molecule has 1 N–H and O–H groups in total. The van der Waals surface area contributed by atoms with Crippen molar-refractivity contribution in [3.63, 3.8) is 0 Å². The number of aromatic nitrogens is 2. The third kappa shape index (κ3) is 3.24. The maximum absolute atomic E-state index is 10.6. The molecule has 2 aromatic carbocycles. The highest BCUT2D eigenvalue weighted by molar-refractivity contribution is 7.21. The topological polar surface area (TPSA) is 37.0 Å². The highest BCUT2D eigenvalue weighted by atomic mass is 32.1. The average molecular weight is 359 g/mol. The number of para-hydroxylation sites is 1. The van der Waals surface area contributed by atoms with E-state index in [9.17, 15) is 5.11 Å². The number of fused-ring (bicyclic) bond motifs is 1. The number of rotatable bonds is 3. The van der Waals surface area contributed by atoms with E-state index < -0.39 is 0 Å². The van der Waals surface area contributed by atoms with Gasteiger partial charge in [0.15, 0.2) is 12.4 Å². The lowest BCUT2D eigenvalue weighted by Crippen LogP contribution is -2.25. The molecule has 2 heterocycles. The molecule has 0 aliphatic carbocycles. The molecule has 4 rings (SSSR count). The molecule has 0 spiro atoms. The van der Waals surface area contributed by atoms with Crippen LogP contribution in [0.2, 0.25) is 0 Å². The van der Waals surface area contributed by atoms with E-state index in [4.69, 9.17) is 0 Å². The largest absolute Gasteiger partial charge is 0.507 e. The van der Waals surface area contributed by atoms with Crippen LogP contribution in [0.4, 0.5) is 0 Å². The van der Waals surface area contributed by atoms with Crippen molar-refractivity contribution in [1.82, 2.24) is 4.98 Å². The molecule has 4 heteroatoms. The van der Waals surface area contributed by atoms with Gasteiger partial charge in [-0.15, -0.1) is 11.3 Å². The number of aromatic hydroxyl groups is 1. The number of hydrogen-bond donors (Lipinski definition) is 1. The molecule has 0 bridgehead atoms. The minimum absolute atomic E-state index is 0.299. The molecule has 2 aromatic heterocycles. The van der Waals surface area contributed by atoms with Gasteiger partial charge in [0.05, 0.1) is 15.8 Å². The Bertz CT molecular complexity index is 1080. The molecular formula is C22H19N2OS+. The molecule has 0 unspecified atom stereocenters. The standard InChI is InChI=1S/C22H18N2OS/c1-15-13-17(8-7-16-9-11-24(2)12-10-16)14-18(21(15)25)22-23-19-5-3-4-6-20(19)26-22/h3-14H,1-2H3/p+1. The Morgan fingerprint density at radius 3 is 2.50 bits per heavy atom. The van der Waals surface area contributed by atoms with Crippen molar-refractivity contribution in [2.45, 2.75) is 6.92 Å². The molecule has 4 aromatic rings. The van der Waals surface area contributed by atoms with Gasteiger partial charge in [-0.2, -0.15) is 0 Å². The normalized spacial score (nSPS) is 11.5. The summed E-state index contributed by atoms with van der Waals surface area (Å²) in [6, 6.07) is 16.2. The first-order chi connectivity index (χ1) is 12.6. The number of pyridine rings is 1. The van der Waals surface area contributed by atoms with Gasteiger partial charge in [-0.1, -0.05) is 24.3 Å². The summed E-state index contributed by atoms with van der Waals surface area (Å²) < 4.78 is 3.13. The van der Waals surface area contributed by atoms with Gasteiger partial charge < -0.3 is 5.11 Å². The van der Waals surface area contributed by atoms with E-state index in [0.29, 0.717) is 5.75 Å². The van der Waals surface area contributed by atoms with Crippen LogP contribution in [0.15, 0.2) is 60.9 Å². The van der Waals surface area contributed by atoms with Crippen LogP contribution in [0.5, 0.6) is 5.75 Å². The molecule has 0 atom stereocenters. The van der Waals surface area contributed by atoms with E-state index in [2.05, 4.69) is 35.3 Å². The van der Waals surface area contributed by atoms with Crippen molar-refractivity contribution in [3.05, 3.63) is 77.6 Å². The van der Waals surface area contributed by atoms with Gasteiger partial charge in [0, 0.05) is 12.1 Å². The van der Waals surface area contributed by atoms with Gasteiger partial charge in [-0.05, 0) is 47.9 Å². The van der Waals surface area contributed by atoms with Crippen LogP contribution in [0.25, 0.3) is 32.9 Å². The van der Waals surface area contributed by atoms with Gasteiger partial charge >= 0.3 is 0 Å². The number of aryl methyl sites for hydroxylation is 2. The molecule has 128 valence electrons. The fourth-order valence-corrected chi connectivity index (χ4v) is 3.85. The fraction of sp³-hybridized carbons (Fsp3) is 0.0909. The van der Waals surface area contributed by atoms with Crippen LogP contribution < -0.4 is 4.57 Å². The Labute approximate surface area is 156 Å². The highest BCUT2D eigenvalue weighted by Crippen LogP contribution is 2.38. The number of phenols is 1. The molecule has 0 saturated carbocycles. The lowest BCUT2D eigenvalue weighted by molar-refractivity contribution is -0.671. The van der Waals surface area contributed by atoms with Gasteiger partial charge in [-0.25, -0.2) is 9.55 Å². The van der Waals surface area contributed by atoms with E-state index in [1.807, 2.05) is 61.3 Å². The number of hydrogen-bond acceptors (Lipinski definition) is 3. The molecule has 0 amide bonds. The second-order valence-electron chi connectivity index (χ2n) is 6.35. The molecule has 0 aliphatic heterocycles. The molecule has 3 nitrogen and oxygen atoms in total. The van der Waals surface area contributed by atoms with E-state index in [1.165, 1.54) is 0 Å². The monoisotopic (exact) mass is 359 g/mol. The molecule has 0 aliphatic rings. The van der Waals surface area contributed by atoms with Crippen molar-refractivity contribution in [2.75, 3.05) is 0 Å². The van der Waals surface area contributed by atoms with Crippen LogP contribution in [-0.4, -0.2) is 10.1 Å². The van der Waals surface area contributed by atoms with E-state index in [1.54, 1.807) is 11.3 Å². The Hall–Kier alpha value is -2.98. The number of phenolic OH excluding ortho intramolecular Hbond substituents is 1. The SMILES string of the molecule is Cc1cc(/C=C/c2cc[n+](C)cc2)cc(-c2nc3ccccc3s2)c1O. The number of benzene rings is 2. The van der Waals surface area contributed by atoms with Crippen molar-refractivity contribution in [2.24, 2.45) is 7.05 Å². The van der Waals surface area contributed by atoms with E-state index >= 15 is 0 Å². The number of nitrogens with zero attached hydrogens (tertiary/aromatic N) is 2. The summed E-state index contributed by atoms with van der Waals surface area (Å²) in [5.41, 5.74) is 4.77. The first kappa shape index (κ1) is 16.5. The lowest BCUT2D eigenvalue weighted by atomic mass is 10.0. The minimum atomic E-state index is 0.299. The highest BCUT2D eigenvalue weighted by Gasteiger charge is 2.13. The number of thiazole rings is 1. The van der Waals surface area contributed by atoms with Crippen LogP contribution in [-0.2, 0) is 7.05 Å². The summed E-state index contributed by atoms with van der Waals surface area (Å²) in [6.07, 6.45) is 8.19. The van der Waals surface area contributed by atoms with Crippen molar-refractivity contribution < 1.29 is 9.67 Å². The van der Waals surface area contributed by atoms with Gasteiger partial charge in [0.25, 0.3) is 0 Å². The third-order valence-corrected chi connectivity index (χ3v) is 5.39. The maximum atomic E-state index is 10.6. The van der Waals surface area contributed by atoms with Crippen LogP contribution >= 0.6 is 11.3 Å². The first-order valence-electron chi connectivity index (χ1n) is 8.43. The first-order valence-corrected chi connectivity index (χ1v) is 9.25. The Kier molecular flexibility index (Phi) is 4.27. The van der Waals surface area contributed by atoms with Crippen LogP contribution in [0, 0.1) is 6.92 Å². The summed E-state index contributed by atoms with van der Waals surface area (Å²) in [5.74, 6) is 0.299. The van der Waals surface area contributed by atoms with Gasteiger partial charge in [0.2, 0.25) is 0 Å². The second kappa shape index (κ2) is 6.73. The summed E-state index contributed by atoms with van der Waals surface area (Å²) in [5, 5.41) is 11.4. The smallest absolute Gasteiger partial charge is 0.169 e. The summed E-state index contributed by atoms with van der Waals surface area (Å²) in [7, 11) is 2.00. The lowest BCUT2D eigenvalue weighted by Gasteiger charge is -2.07. The quantitative estimate of drug-likeness (QED) is 0.524. The minimum Gasteiger partial charge on any atom is -0.507 e. The Balaban J connectivity index is 1.74. The Morgan fingerprint density at radius 1 is 1.00 bits per heavy atom. The van der Waals surface area contributed by atoms with Crippen molar-refractivity contribution in [3.8, 4) is 16.3 Å². The predicted octanol–water partition coefficient (Wildman–Crippen LogP) is 4.97. The van der Waals surface area contributed by atoms with Crippen LogP contribution in [0.1, 0.15) is 16.7 Å². The maximum Gasteiger partial charge on any atom is 0.169 e. The van der Waals surface area contributed by atoms with Gasteiger partial charge in [0.1, 0.15) is 17.8 Å². The summed E-state index contributed by atoms with van der Waals surface area (Å²) in [6.45, 7) is 1.92. The second-order valence-corrected chi connectivity index (χ2v) is 7.38. The van der Waals surface area contributed by atoms with Crippen molar-refractivity contribution in [1.29, 1.82) is 0 Å². The Morgan fingerprint density at radius 2 is 1.73 bits per heavy atom. The zero-order valence-corrected chi connectivity index (χ0v) is 15.5. The molecular weight excluding hydrogens is 340 g/mol. The van der Waals surface area contributed by atoms with Crippen molar-refractivity contribution >= 4 is 33.7 Å². The molecule has 0 fully saturated rings. The zero-order chi connectivity index (χ0) is 18.1. The third-order valence-electron chi connectivity index (χ3n) is 4.32. The fourth-order valence-electron chi connectivity index (χ4n) is 2.87. The van der Waals surface area contributed by atoms with Crippen LogP contribution in [0.3, 0.4) is 0 Å². The molecule has 0 saturated heterocycles. The zero-order valence-electron chi connectivity index (χ0n) is 14.7. The summed E-state index contributed by atoms with van der Waals surface area (Å²) >= 11 is 1.60. The summed E-state index contributed by atoms with van der Waals surface area (Å²) in [4.78, 5) is 4.69. The molecule has 26 heavy (non-hydrogen) atoms. The average Bonchev–Trinajstić information content (AvgIpc) is 3.07.